The zero-order chi connectivity index (χ0) is 21.6. The maximum Gasteiger partial charge on any atom is 0.343 e. The van der Waals surface area contributed by atoms with Crippen LogP contribution in [0.25, 0.3) is 0 Å². The van der Waals surface area contributed by atoms with Crippen molar-refractivity contribution in [2.24, 2.45) is 5.41 Å². The SMILES string of the molecule is CCCCCC1(C)CCC(c2ccc(C(=O)Oc3ccc(C#N)c(F)c3)cc2)CC1. The van der Waals surface area contributed by atoms with Crippen molar-refractivity contribution in [3.63, 3.8) is 0 Å². The van der Waals surface area contributed by atoms with E-state index < -0.39 is 11.8 Å². The van der Waals surface area contributed by atoms with Gasteiger partial charge in [0.25, 0.3) is 0 Å². The van der Waals surface area contributed by atoms with E-state index in [1.807, 2.05) is 12.1 Å². The summed E-state index contributed by atoms with van der Waals surface area (Å²) in [5, 5.41) is 8.78. The van der Waals surface area contributed by atoms with Crippen LogP contribution in [-0.4, -0.2) is 5.97 Å². The number of nitriles is 1. The van der Waals surface area contributed by atoms with Gasteiger partial charge in [-0.15, -0.1) is 0 Å². The summed E-state index contributed by atoms with van der Waals surface area (Å²) < 4.78 is 18.9. The molecule has 2 aromatic carbocycles. The molecule has 4 heteroatoms. The molecule has 0 aromatic heterocycles. The molecule has 1 aliphatic carbocycles. The van der Waals surface area contributed by atoms with Crippen molar-refractivity contribution in [3.8, 4) is 11.8 Å². The second-order valence-corrected chi connectivity index (χ2v) is 8.81. The Morgan fingerprint density at radius 1 is 1.17 bits per heavy atom. The summed E-state index contributed by atoms with van der Waals surface area (Å²) in [5.41, 5.74) is 2.11. The summed E-state index contributed by atoms with van der Waals surface area (Å²) in [4.78, 5) is 12.4. The van der Waals surface area contributed by atoms with E-state index in [-0.39, 0.29) is 11.3 Å². The Bertz CT molecular complexity index is 906. The van der Waals surface area contributed by atoms with Crippen LogP contribution in [0.2, 0.25) is 0 Å². The highest BCUT2D eigenvalue weighted by Gasteiger charge is 2.31. The predicted molar refractivity (Wildman–Crippen MR) is 116 cm³/mol. The van der Waals surface area contributed by atoms with E-state index in [1.165, 1.54) is 69.1 Å². The number of carbonyl (C=O) groups is 1. The first kappa shape index (κ1) is 22.0. The van der Waals surface area contributed by atoms with Crippen LogP contribution in [-0.2, 0) is 0 Å². The van der Waals surface area contributed by atoms with Gasteiger partial charge in [0.05, 0.1) is 11.1 Å². The van der Waals surface area contributed by atoms with Crippen LogP contribution in [0, 0.1) is 22.6 Å². The van der Waals surface area contributed by atoms with Gasteiger partial charge in [-0.1, -0.05) is 45.2 Å². The number of rotatable bonds is 7. The molecule has 1 aliphatic rings. The van der Waals surface area contributed by atoms with Crippen LogP contribution in [0.3, 0.4) is 0 Å². The lowest BCUT2D eigenvalue weighted by Gasteiger charge is -2.38. The van der Waals surface area contributed by atoms with Crippen LogP contribution < -0.4 is 4.74 Å². The van der Waals surface area contributed by atoms with E-state index in [9.17, 15) is 9.18 Å². The first-order valence-electron chi connectivity index (χ1n) is 11.0. The molecule has 0 saturated heterocycles. The molecule has 3 nitrogen and oxygen atoms in total. The molecule has 0 bridgehead atoms. The number of ether oxygens (including phenoxy) is 1. The number of benzene rings is 2. The van der Waals surface area contributed by atoms with Gasteiger partial charge in [-0.05, 0) is 73.3 Å². The molecule has 0 unspecified atom stereocenters. The van der Waals surface area contributed by atoms with E-state index in [1.54, 1.807) is 18.2 Å². The maximum absolute atomic E-state index is 13.7. The van der Waals surface area contributed by atoms with E-state index in [2.05, 4.69) is 13.8 Å². The number of carbonyl (C=O) groups excluding carboxylic acids is 1. The van der Waals surface area contributed by atoms with Crippen LogP contribution in [0.4, 0.5) is 4.39 Å². The predicted octanol–water partition coefficient (Wildman–Crippen LogP) is 7.16. The Balaban J connectivity index is 1.57. The minimum atomic E-state index is -0.697. The molecule has 1 saturated carbocycles. The minimum absolute atomic E-state index is 0.0758. The molecule has 0 amide bonds. The molecule has 30 heavy (non-hydrogen) atoms. The van der Waals surface area contributed by atoms with Crippen molar-refractivity contribution in [3.05, 3.63) is 65.0 Å². The highest BCUT2D eigenvalue weighted by atomic mass is 19.1. The molecule has 158 valence electrons. The van der Waals surface area contributed by atoms with Crippen molar-refractivity contribution >= 4 is 5.97 Å². The van der Waals surface area contributed by atoms with Gasteiger partial charge in [-0.25, -0.2) is 9.18 Å². The Kier molecular flexibility index (Phi) is 7.26. The molecular weight excluding hydrogens is 377 g/mol. The first-order valence-corrected chi connectivity index (χ1v) is 11.0. The monoisotopic (exact) mass is 407 g/mol. The lowest BCUT2D eigenvalue weighted by Crippen LogP contribution is -2.23. The van der Waals surface area contributed by atoms with Gasteiger partial charge in [-0.2, -0.15) is 5.26 Å². The smallest absolute Gasteiger partial charge is 0.343 e. The van der Waals surface area contributed by atoms with Gasteiger partial charge >= 0.3 is 5.97 Å². The van der Waals surface area contributed by atoms with Gasteiger partial charge in [-0.3, -0.25) is 0 Å². The number of nitrogens with zero attached hydrogens (tertiary/aromatic N) is 1. The fraction of sp³-hybridized carbons (Fsp3) is 0.462. The number of hydrogen-bond donors (Lipinski definition) is 0. The lowest BCUT2D eigenvalue weighted by molar-refractivity contribution is 0.0734. The standard InChI is InChI=1S/C26H30FNO2/c1-3-4-5-14-26(2)15-12-20(13-16-26)19-6-8-21(9-7-19)25(29)30-23-11-10-22(18-28)24(27)17-23/h6-11,17,20H,3-5,12-16H2,1-2H3. The summed E-state index contributed by atoms with van der Waals surface area (Å²) in [7, 11) is 0. The quantitative estimate of drug-likeness (QED) is 0.278. The van der Waals surface area contributed by atoms with Crippen LogP contribution in [0.1, 0.15) is 92.6 Å². The van der Waals surface area contributed by atoms with E-state index in [0.29, 0.717) is 16.9 Å². The molecule has 0 atom stereocenters. The Labute approximate surface area is 178 Å². The van der Waals surface area contributed by atoms with Crippen LogP contribution in [0.5, 0.6) is 5.75 Å². The normalized spacial score (nSPS) is 21.1. The number of esters is 1. The van der Waals surface area contributed by atoms with Crippen molar-refractivity contribution < 1.29 is 13.9 Å². The molecule has 2 aromatic rings. The highest BCUT2D eigenvalue weighted by molar-refractivity contribution is 5.91. The van der Waals surface area contributed by atoms with E-state index in [4.69, 9.17) is 10.00 Å². The Morgan fingerprint density at radius 3 is 2.47 bits per heavy atom. The molecule has 0 radical (unpaired) electrons. The third-order valence-corrected chi connectivity index (χ3v) is 6.47. The Hall–Kier alpha value is -2.67. The molecule has 1 fully saturated rings. The molecule has 0 heterocycles. The van der Waals surface area contributed by atoms with Gasteiger partial charge in [0, 0.05) is 6.07 Å². The van der Waals surface area contributed by atoms with E-state index >= 15 is 0 Å². The highest BCUT2D eigenvalue weighted by Crippen LogP contribution is 2.45. The summed E-state index contributed by atoms with van der Waals surface area (Å²) in [6.45, 7) is 4.69. The Morgan fingerprint density at radius 2 is 1.87 bits per heavy atom. The van der Waals surface area contributed by atoms with Crippen molar-refractivity contribution in [1.82, 2.24) is 0 Å². The summed E-state index contributed by atoms with van der Waals surface area (Å²) in [5.74, 6) is -0.591. The maximum atomic E-state index is 13.7. The first-order chi connectivity index (χ1) is 14.4. The fourth-order valence-electron chi connectivity index (χ4n) is 4.41. The molecule has 0 N–H and O–H groups in total. The lowest BCUT2D eigenvalue weighted by atomic mass is 9.68. The molecular formula is C26H30FNO2. The topological polar surface area (TPSA) is 50.1 Å². The zero-order valence-electron chi connectivity index (χ0n) is 17.9. The second-order valence-electron chi connectivity index (χ2n) is 8.81. The van der Waals surface area contributed by atoms with E-state index in [0.717, 1.165) is 6.07 Å². The average Bonchev–Trinajstić information content (AvgIpc) is 2.75. The number of unbranched alkanes of at least 4 members (excludes halogenated alkanes) is 2. The number of hydrogen-bond acceptors (Lipinski definition) is 3. The van der Waals surface area contributed by atoms with Crippen molar-refractivity contribution in [2.45, 2.75) is 71.1 Å². The fourth-order valence-corrected chi connectivity index (χ4v) is 4.41. The van der Waals surface area contributed by atoms with Crippen molar-refractivity contribution in [2.75, 3.05) is 0 Å². The molecule has 0 spiro atoms. The average molecular weight is 408 g/mol. The third-order valence-electron chi connectivity index (χ3n) is 6.47. The largest absolute Gasteiger partial charge is 0.423 e. The molecule has 3 rings (SSSR count). The van der Waals surface area contributed by atoms with Gasteiger partial charge in [0.2, 0.25) is 0 Å². The summed E-state index contributed by atoms with van der Waals surface area (Å²) >= 11 is 0. The summed E-state index contributed by atoms with van der Waals surface area (Å²) in [6.07, 6.45) is 10.2. The van der Waals surface area contributed by atoms with Gasteiger partial charge < -0.3 is 4.74 Å². The van der Waals surface area contributed by atoms with Crippen LogP contribution in [0.15, 0.2) is 42.5 Å². The van der Waals surface area contributed by atoms with Gasteiger partial charge in [0.15, 0.2) is 0 Å². The molecule has 0 aliphatic heterocycles. The van der Waals surface area contributed by atoms with Gasteiger partial charge in [0.1, 0.15) is 17.6 Å². The minimum Gasteiger partial charge on any atom is -0.423 e. The zero-order valence-corrected chi connectivity index (χ0v) is 17.9. The third kappa shape index (κ3) is 5.48. The van der Waals surface area contributed by atoms with Crippen molar-refractivity contribution in [1.29, 1.82) is 5.26 Å². The second kappa shape index (κ2) is 9.89. The summed E-state index contributed by atoms with van der Waals surface area (Å²) in [6, 6.07) is 13.1. The van der Waals surface area contributed by atoms with Crippen LogP contribution >= 0.6 is 0 Å². The number of halogens is 1.